The second-order valence-electron chi connectivity index (χ2n) is 2.76. The molecule has 2 nitrogen and oxygen atoms in total. The van der Waals surface area contributed by atoms with Gasteiger partial charge in [-0.1, -0.05) is 20.8 Å². The van der Waals surface area contributed by atoms with Gasteiger partial charge in [-0.3, -0.25) is 0 Å². The summed E-state index contributed by atoms with van der Waals surface area (Å²) in [6, 6.07) is 0. The first kappa shape index (κ1) is 10.9. The average molecular weight is 159 g/mol. The molecule has 0 amide bonds. The van der Waals surface area contributed by atoms with Crippen LogP contribution < -0.4 is 5.73 Å². The zero-order valence-corrected chi connectivity index (χ0v) is 7.97. The molecule has 2 N–H and O–H groups in total. The number of rotatable bonds is 2. The molecule has 0 spiro atoms. The molecule has 2 heteroatoms. The Balaban J connectivity index is 0.000000461. The molecule has 0 radical (unpaired) electrons. The van der Waals surface area contributed by atoms with E-state index in [4.69, 9.17) is 10.5 Å². The van der Waals surface area contributed by atoms with Gasteiger partial charge in [-0.05, 0) is 25.3 Å². The predicted octanol–water partition coefficient (Wildman–Crippen LogP) is 1.79. The average Bonchev–Trinajstić information content (AvgIpc) is 2.59. The van der Waals surface area contributed by atoms with Crippen molar-refractivity contribution in [1.29, 1.82) is 0 Å². The van der Waals surface area contributed by atoms with Crippen LogP contribution in [0.3, 0.4) is 0 Å². The zero-order valence-electron chi connectivity index (χ0n) is 7.97. The highest BCUT2D eigenvalue weighted by atomic mass is 16.5. The normalized spacial score (nSPS) is 25.6. The largest absolute Gasteiger partial charge is 0.378 e. The van der Waals surface area contributed by atoms with Gasteiger partial charge in [0.25, 0.3) is 0 Å². The van der Waals surface area contributed by atoms with E-state index in [1.807, 2.05) is 13.8 Å². The van der Waals surface area contributed by atoms with E-state index in [0.29, 0.717) is 12.0 Å². The summed E-state index contributed by atoms with van der Waals surface area (Å²) in [7, 11) is 0. The molecular weight excluding hydrogens is 138 g/mol. The molecule has 2 atom stereocenters. The minimum atomic E-state index is 0.454. The van der Waals surface area contributed by atoms with Crippen molar-refractivity contribution in [3.63, 3.8) is 0 Å². The van der Waals surface area contributed by atoms with Gasteiger partial charge in [-0.15, -0.1) is 0 Å². The fraction of sp³-hybridized carbons (Fsp3) is 1.00. The Morgan fingerprint density at radius 1 is 1.55 bits per heavy atom. The first-order valence-electron chi connectivity index (χ1n) is 4.66. The minimum absolute atomic E-state index is 0.454. The van der Waals surface area contributed by atoms with Gasteiger partial charge in [0, 0.05) is 6.61 Å². The Morgan fingerprint density at radius 3 is 2.55 bits per heavy atom. The Morgan fingerprint density at radius 2 is 2.18 bits per heavy atom. The molecule has 2 unspecified atom stereocenters. The summed E-state index contributed by atoms with van der Waals surface area (Å²) in [6.07, 6.45) is 2.88. The summed E-state index contributed by atoms with van der Waals surface area (Å²) in [5.41, 5.74) is 5.47. The minimum Gasteiger partial charge on any atom is -0.378 e. The summed E-state index contributed by atoms with van der Waals surface area (Å²) in [4.78, 5) is 0. The molecule has 0 aromatic carbocycles. The van der Waals surface area contributed by atoms with Crippen molar-refractivity contribution in [2.24, 2.45) is 11.7 Å². The van der Waals surface area contributed by atoms with Crippen molar-refractivity contribution in [2.45, 2.75) is 39.7 Å². The fourth-order valence-electron chi connectivity index (χ4n) is 1.20. The predicted molar refractivity (Wildman–Crippen MR) is 48.5 cm³/mol. The molecule has 1 fully saturated rings. The summed E-state index contributed by atoms with van der Waals surface area (Å²) in [5, 5.41) is 0. The highest BCUT2D eigenvalue weighted by molar-refractivity contribution is 4.71. The molecule has 1 heterocycles. The van der Waals surface area contributed by atoms with Crippen molar-refractivity contribution in [3.05, 3.63) is 0 Å². The topological polar surface area (TPSA) is 35.2 Å². The Hall–Kier alpha value is -0.0800. The second kappa shape index (κ2) is 6.62. The molecular formula is C9H21NO. The Bertz CT molecular complexity index is 79.6. The van der Waals surface area contributed by atoms with Crippen LogP contribution in [0, 0.1) is 5.92 Å². The van der Waals surface area contributed by atoms with Gasteiger partial charge in [-0.25, -0.2) is 0 Å². The SMILES string of the molecule is CC.CC(CN)C1CCCO1. The number of hydrogen-bond acceptors (Lipinski definition) is 2. The molecule has 0 aromatic rings. The van der Waals surface area contributed by atoms with E-state index < -0.39 is 0 Å². The lowest BCUT2D eigenvalue weighted by molar-refractivity contribution is 0.0724. The van der Waals surface area contributed by atoms with Gasteiger partial charge in [-0.2, -0.15) is 0 Å². The summed E-state index contributed by atoms with van der Waals surface area (Å²) < 4.78 is 5.43. The second-order valence-corrected chi connectivity index (χ2v) is 2.76. The van der Waals surface area contributed by atoms with Gasteiger partial charge < -0.3 is 10.5 Å². The van der Waals surface area contributed by atoms with E-state index in [-0.39, 0.29) is 0 Å². The smallest absolute Gasteiger partial charge is 0.0613 e. The van der Waals surface area contributed by atoms with E-state index in [9.17, 15) is 0 Å². The molecule has 11 heavy (non-hydrogen) atoms. The maximum atomic E-state index is 5.47. The van der Waals surface area contributed by atoms with Crippen LogP contribution in [0.15, 0.2) is 0 Å². The first-order valence-corrected chi connectivity index (χ1v) is 4.66. The molecule has 1 saturated heterocycles. The summed E-state index contributed by atoms with van der Waals surface area (Å²) in [5.74, 6) is 0.549. The molecule has 1 aliphatic heterocycles. The molecule has 0 aliphatic carbocycles. The van der Waals surface area contributed by atoms with Crippen molar-refractivity contribution >= 4 is 0 Å². The first-order chi connectivity index (χ1) is 5.34. The lowest BCUT2D eigenvalue weighted by Gasteiger charge is -2.15. The van der Waals surface area contributed by atoms with E-state index in [0.717, 1.165) is 13.2 Å². The van der Waals surface area contributed by atoms with Crippen LogP contribution in [-0.2, 0) is 4.74 Å². The lowest BCUT2D eigenvalue weighted by atomic mass is 10.0. The van der Waals surface area contributed by atoms with Crippen molar-refractivity contribution in [3.8, 4) is 0 Å². The van der Waals surface area contributed by atoms with Crippen LogP contribution in [-0.4, -0.2) is 19.3 Å². The van der Waals surface area contributed by atoms with E-state index in [2.05, 4.69) is 6.92 Å². The molecule has 0 saturated carbocycles. The van der Waals surface area contributed by atoms with Crippen LogP contribution >= 0.6 is 0 Å². The van der Waals surface area contributed by atoms with Crippen LogP contribution in [0.1, 0.15) is 33.6 Å². The number of ether oxygens (including phenoxy) is 1. The molecule has 1 rings (SSSR count). The van der Waals surface area contributed by atoms with Crippen LogP contribution in [0.2, 0.25) is 0 Å². The van der Waals surface area contributed by atoms with Gasteiger partial charge in [0.1, 0.15) is 0 Å². The lowest BCUT2D eigenvalue weighted by Crippen LogP contribution is -2.24. The summed E-state index contributed by atoms with van der Waals surface area (Å²) in [6.45, 7) is 7.84. The third kappa shape index (κ3) is 3.73. The molecule has 0 bridgehead atoms. The monoisotopic (exact) mass is 159 g/mol. The van der Waals surface area contributed by atoms with Crippen LogP contribution in [0.25, 0.3) is 0 Å². The highest BCUT2D eigenvalue weighted by Gasteiger charge is 2.20. The summed E-state index contributed by atoms with van der Waals surface area (Å²) >= 11 is 0. The maximum Gasteiger partial charge on any atom is 0.0613 e. The maximum absolute atomic E-state index is 5.47. The third-order valence-corrected chi connectivity index (χ3v) is 1.97. The molecule has 68 valence electrons. The van der Waals surface area contributed by atoms with Gasteiger partial charge in [0.05, 0.1) is 6.10 Å². The van der Waals surface area contributed by atoms with E-state index >= 15 is 0 Å². The zero-order chi connectivity index (χ0) is 8.69. The fourth-order valence-corrected chi connectivity index (χ4v) is 1.20. The Kier molecular flexibility index (Phi) is 6.57. The van der Waals surface area contributed by atoms with Gasteiger partial charge >= 0.3 is 0 Å². The van der Waals surface area contributed by atoms with Crippen LogP contribution in [0.5, 0.6) is 0 Å². The van der Waals surface area contributed by atoms with Crippen molar-refractivity contribution in [1.82, 2.24) is 0 Å². The van der Waals surface area contributed by atoms with Crippen LogP contribution in [0.4, 0.5) is 0 Å². The quantitative estimate of drug-likeness (QED) is 0.666. The van der Waals surface area contributed by atoms with Gasteiger partial charge in [0.2, 0.25) is 0 Å². The molecule has 0 aromatic heterocycles. The van der Waals surface area contributed by atoms with Gasteiger partial charge in [0.15, 0.2) is 0 Å². The molecule has 1 aliphatic rings. The van der Waals surface area contributed by atoms with Crippen molar-refractivity contribution in [2.75, 3.05) is 13.2 Å². The number of hydrogen-bond donors (Lipinski definition) is 1. The third-order valence-electron chi connectivity index (χ3n) is 1.97. The highest BCUT2D eigenvalue weighted by Crippen LogP contribution is 2.18. The Labute approximate surface area is 70.1 Å². The standard InChI is InChI=1S/C7H15NO.C2H6/c1-6(5-8)7-3-2-4-9-7;1-2/h6-7H,2-5,8H2,1H3;1-2H3. The number of nitrogens with two attached hydrogens (primary N) is 1. The van der Waals surface area contributed by atoms with E-state index in [1.54, 1.807) is 0 Å². The van der Waals surface area contributed by atoms with E-state index in [1.165, 1.54) is 12.8 Å². The van der Waals surface area contributed by atoms with Crippen molar-refractivity contribution < 1.29 is 4.74 Å².